The topological polar surface area (TPSA) is 47.9 Å². The third-order valence-corrected chi connectivity index (χ3v) is 2.53. The Balaban J connectivity index is 2.59. The van der Waals surface area contributed by atoms with Gasteiger partial charge in [-0.3, -0.25) is 0 Å². The Kier molecular flexibility index (Phi) is 6.08. The van der Waals surface area contributed by atoms with Gasteiger partial charge in [0.25, 0.3) is 5.79 Å². The van der Waals surface area contributed by atoms with Crippen LogP contribution in [0, 0.1) is 0 Å². The van der Waals surface area contributed by atoms with Gasteiger partial charge in [-0.15, -0.1) is 0 Å². The Morgan fingerprint density at radius 1 is 1.18 bits per heavy atom. The van der Waals surface area contributed by atoms with E-state index in [1.807, 2.05) is 0 Å². The molecule has 1 N–H and O–H groups in total. The molecule has 4 heteroatoms. The van der Waals surface area contributed by atoms with E-state index in [4.69, 9.17) is 14.2 Å². The molecule has 0 aromatic carbocycles. The molecule has 0 spiro atoms. The Hall–Kier alpha value is -1.00. The van der Waals surface area contributed by atoms with Crippen LogP contribution >= 0.6 is 0 Å². The largest absolute Gasteiger partial charge is 0.504 e. The molecule has 0 bridgehead atoms. The summed E-state index contributed by atoms with van der Waals surface area (Å²) in [4.78, 5) is 0. The standard InChI is InChI=1S/C13H22O4/c1-3-5-8-16-13(17-9-6-4-2)7-10-15-11-12(13)14/h7,10-11,14H,3-6,8-9H2,1-2H3. The van der Waals surface area contributed by atoms with Crippen LogP contribution in [0.25, 0.3) is 0 Å². The Morgan fingerprint density at radius 3 is 2.24 bits per heavy atom. The van der Waals surface area contributed by atoms with Gasteiger partial charge in [-0.25, -0.2) is 0 Å². The molecule has 0 fully saturated rings. The average molecular weight is 242 g/mol. The second-order valence-corrected chi connectivity index (χ2v) is 4.01. The lowest BCUT2D eigenvalue weighted by atomic mass is 10.2. The van der Waals surface area contributed by atoms with E-state index in [2.05, 4.69) is 13.8 Å². The van der Waals surface area contributed by atoms with Crippen molar-refractivity contribution in [2.45, 2.75) is 45.3 Å². The maximum absolute atomic E-state index is 9.85. The van der Waals surface area contributed by atoms with Gasteiger partial charge in [-0.1, -0.05) is 26.7 Å². The quantitative estimate of drug-likeness (QED) is 0.524. The summed E-state index contributed by atoms with van der Waals surface area (Å²) in [5, 5.41) is 9.85. The summed E-state index contributed by atoms with van der Waals surface area (Å²) in [7, 11) is 0. The van der Waals surface area contributed by atoms with E-state index < -0.39 is 5.79 Å². The van der Waals surface area contributed by atoms with E-state index in [0.29, 0.717) is 13.2 Å². The lowest BCUT2D eigenvalue weighted by molar-refractivity contribution is -0.201. The van der Waals surface area contributed by atoms with Crippen molar-refractivity contribution in [1.82, 2.24) is 0 Å². The lowest BCUT2D eigenvalue weighted by Crippen LogP contribution is -2.38. The molecular formula is C13H22O4. The Bertz CT molecular complexity index is 261. The third kappa shape index (κ3) is 4.06. The molecule has 1 rings (SSSR count). The van der Waals surface area contributed by atoms with Crippen LogP contribution in [0.4, 0.5) is 0 Å². The van der Waals surface area contributed by atoms with Crippen LogP contribution in [-0.2, 0) is 14.2 Å². The molecule has 0 aromatic rings. The number of hydrogen-bond donors (Lipinski definition) is 1. The molecule has 0 atom stereocenters. The molecule has 98 valence electrons. The van der Waals surface area contributed by atoms with Crippen molar-refractivity contribution in [3.05, 3.63) is 24.4 Å². The van der Waals surface area contributed by atoms with E-state index in [1.165, 1.54) is 12.5 Å². The van der Waals surface area contributed by atoms with Crippen molar-refractivity contribution in [1.29, 1.82) is 0 Å². The zero-order chi connectivity index (χ0) is 12.6. The van der Waals surface area contributed by atoms with Crippen LogP contribution in [0.5, 0.6) is 0 Å². The highest BCUT2D eigenvalue weighted by molar-refractivity contribution is 5.16. The van der Waals surface area contributed by atoms with Gasteiger partial charge in [0.1, 0.15) is 6.26 Å². The second-order valence-electron chi connectivity index (χ2n) is 4.01. The monoisotopic (exact) mass is 242 g/mol. The number of hydrogen-bond acceptors (Lipinski definition) is 4. The minimum Gasteiger partial charge on any atom is -0.504 e. The highest BCUT2D eigenvalue weighted by Gasteiger charge is 2.36. The van der Waals surface area contributed by atoms with Crippen LogP contribution in [-0.4, -0.2) is 24.1 Å². The Labute approximate surface area is 103 Å². The molecule has 1 aliphatic rings. The summed E-state index contributed by atoms with van der Waals surface area (Å²) in [6.45, 7) is 5.27. The molecular weight excluding hydrogens is 220 g/mol. The summed E-state index contributed by atoms with van der Waals surface area (Å²) in [6, 6.07) is 0. The first kappa shape index (κ1) is 14.1. The predicted octanol–water partition coefficient (Wildman–Crippen LogP) is 3.26. The van der Waals surface area contributed by atoms with Crippen molar-refractivity contribution in [2.75, 3.05) is 13.2 Å². The molecule has 0 saturated carbocycles. The van der Waals surface area contributed by atoms with Gasteiger partial charge in [0.05, 0.1) is 19.5 Å². The molecule has 0 unspecified atom stereocenters. The van der Waals surface area contributed by atoms with Crippen LogP contribution in [0.15, 0.2) is 24.4 Å². The van der Waals surface area contributed by atoms with Gasteiger partial charge < -0.3 is 19.3 Å². The van der Waals surface area contributed by atoms with Crippen LogP contribution in [0.3, 0.4) is 0 Å². The molecule has 1 heterocycles. The highest BCUT2D eigenvalue weighted by atomic mass is 16.7. The van der Waals surface area contributed by atoms with Gasteiger partial charge in [0.2, 0.25) is 0 Å². The van der Waals surface area contributed by atoms with Crippen molar-refractivity contribution >= 4 is 0 Å². The van der Waals surface area contributed by atoms with Crippen LogP contribution in [0.1, 0.15) is 39.5 Å². The highest BCUT2D eigenvalue weighted by Crippen LogP contribution is 2.27. The van der Waals surface area contributed by atoms with Crippen molar-refractivity contribution in [3.63, 3.8) is 0 Å². The number of aliphatic hydroxyl groups is 1. The number of rotatable bonds is 8. The van der Waals surface area contributed by atoms with Gasteiger partial charge in [-0.2, -0.15) is 0 Å². The zero-order valence-electron chi connectivity index (χ0n) is 10.6. The first-order valence-electron chi connectivity index (χ1n) is 6.26. The SMILES string of the molecule is CCCCOC1(OCCCC)C=COC=C1O. The van der Waals surface area contributed by atoms with E-state index in [-0.39, 0.29) is 5.76 Å². The van der Waals surface area contributed by atoms with E-state index in [1.54, 1.807) is 6.08 Å². The smallest absolute Gasteiger partial charge is 0.254 e. The fourth-order valence-corrected chi connectivity index (χ4v) is 1.42. The van der Waals surface area contributed by atoms with Gasteiger partial charge in [0.15, 0.2) is 5.76 Å². The zero-order valence-corrected chi connectivity index (χ0v) is 10.6. The van der Waals surface area contributed by atoms with Gasteiger partial charge in [-0.05, 0) is 12.8 Å². The van der Waals surface area contributed by atoms with Gasteiger partial charge in [0, 0.05) is 6.08 Å². The van der Waals surface area contributed by atoms with Gasteiger partial charge >= 0.3 is 0 Å². The fraction of sp³-hybridized carbons (Fsp3) is 0.692. The second kappa shape index (κ2) is 7.35. The number of unbranched alkanes of at least 4 members (excludes halogenated alkanes) is 2. The minimum atomic E-state index is -1.15. The Morgan fingerprint density at radius 2 is 1.76 bits per heavy atom. The number of ether oxygens (including phenoxy) is 3. The molecule has 0 amide bonds. The first-order chi connectivity index (χ1) is 8.25. The molecule has 1 aliphatic heterocycles. The van der Waals surface area contributed by atoms with E-state index in [9.17, 15) is 5.11 Å². The summed E-state index contributed by atoms with van der Waals surface area (Å²) in [5.74, 6) is -1.19. The minimum absolute atomic E-state index is 0.0350. The van der Waals surface area contributed by atoms with Crippen molar-refractivity contribution < 1.29 is 19.3 Å². The molecule has 0 aliphatic carbocycles. The van der Waals surface area contributed by atoms with Crippen molar-refractivity contribution in [2.24, 2.45) is 0 Å². The average Bonchev–Trinajstić information content (AvgIpc) is 2.33. The van der Waals surface area contributed by atoms with Crippen molar-refractivity contribution in [3.8, 4) is 0 Å². The molecule has 0 aromatic heterocycles. The van der Waals surface area contributed by atoms with Crippen LogP contribution < -0.4 is 0 Å². The first-order valence-corrected chi connectivity index (χ1v) is 6.26. The molecule has 4 nitrogen and oxygen atoms in total. The molecule has 17 heavy (non-hydrogen) atoms. The molecule has 0 radical (unpaired) electrons. The lowest BCUT2D eigenvalue weighted by Gasteiger charge is -2.31. The number of aliphatic hydroxyl groups excluding tert-OH is 1. The molecule has 0 saturated heterocycles. The van der Waals surface area contributed by atoms with Crippen LogP contribution in [0.2, 0.25) is 0 Å². The summed E-state index contributed by atoms with van der Waals surface area (Å²) in [6.07, 6.45) is 8.26. The predicted molar refractivity (Wildman–Crippen MR) is 65.4 cm³/mol. The summed E-state index contributed by atoms with van der Waals surface area (Å²) < 4.78 is 16.2. The van der Waals surface area contributed by atoms with E-state index >= 15 is 0 Å². The summed E-state index contributed by atoms with van der Waals surface area (Å²) >= 11 is 0. The fourth-order valence-electron chi connectivity index (χ4n) is 1.42. The van der Waals surface area contributed by atoms with E-state index in [0.717, 1.165) is 25.7 Å². The summed E-state index contributed by atoms with van der Waals surface area (Å²) in [5.41, 5.74) is 0. The third-order valence-electron chi connectivity index (χ3n) is 2.53. The maximum Gasteiger partial charge on any atom is 0.254 e. The normalized spacial score (nSPS) is 17.6. The maximum atomic E-state index is 9.85.